The lowest BCUT2D eigenvalue weighted by atomic mass is 10.1. The minimum Gasteiger partial charge on any atom is -0.290 e. The molecule has 68 valence electrons. The summed E-state index contributed by atoms with van der Waals surface area (Å²) in [5, 5.41) is 0. The van der Waals surface area contributed by atoms with Gasteiger partial charge in [-0.15, -0.1) is 0 Å². The number of hydrogen-bond acceptors (Lipinski definition) is 2. The number of nitrogens with zero attached hydrogens (tertiary/aromatic N) is 1. The van der Waals surface area contributed by atoms with E-state index in [1.165, 1.54) is 19.1 Å². The molecule has 0 aliphatic heterocycles. The first kappa shape index (κ1) is 9.86. The maximum atomic E-state index is 11.1. The largest absolute Gasteiger partial charge is 0.311 e. The maximum Gasteiger partial charge on any atom is 0.311 e. The second kappa shape index (κ2) is 3.26. The molecule has 1 amide bonds. The van der Waals surface area contributed by atoms with E-state index in [0.717, 1.165) is 0 Å². The predicted molar refractivity (Wildman–Crippen MR) is 48.2 cm³/mol. The Balaban J connectivity index is 2.86. The van der Waals surface area contributed by atoms with Crippen molar-refractivity contribution < 1.29 is 14.1 Å². The van der Waals surface area contributed by atoms with E-state index in [1.54, 1.807) is 19.2 Å². The van der Waals surface area contributed by atoms with Gasteiger partial charge >= 0.3 is 5.91 Å². The maximum absolute atomic E-state index is 11.1. The fraction of sp³-hybridized carbons (Fsp3) is 0.300. The van der Waals surface area contributed by atoms with Gasteiger partial charge < -0.3 is 0 Å². The first-order valence-corrected chi connectivity index (χ1v) is 4.01. The van der Waals surface area contributed by atoms with Crippen molar-refractivity contribution in [3.63, 3.8) is 0 Å². The number of carbonyl (C=O) groups is 2. The molecule has 1 unspecified atom stereocenters. The standard InChI is InChI=1S/C10H12NO2/c1-8(12)11(2,3)9-4-6-10(13)7-5-9/h2,4-7,9H,1,3H3/q+1. The predicted octanol–water partition coefficient (Wildman–Crippen LogP) is 0.712. The summed E-state index contributed by atoms with van der Waals surface area (Å²) in [5.74, 6) is -0.214. The second-order valence-electron chi connectivity index (χ2n) is 3.28. The van der Waals surface area contributed by atoms with Crippen LogP contribution >= 0.6 is 0 Å². The topological polar surface area (TPSA) is 34.1 Å². The third-order valence-corrected chi connectivity index (χ3v) is 2.21. The van der Waals surface area contributed by atoms with Gasteiger partial charge in [-0.1, -0.05) is 0 Å². The lowest BCUT2D eigenvalue weighted by molar-refractivity contribution is -0.800. The van der Waals surface area contributed by atoms with Crippen molar-refractivity contribution in [1.82, 2.24) is 0 Å². The summed E-state index contributed by atoms with van der Waals surface area (Å²) in [5.41, 5.74) is 0. The van der Waals surface area contributed by atoms with Crippen molar-refractivity contribution in [3.05, 3.63) is 31.4 Å². The molecular formula is C10H12NO2+. The van der Waals surface area contributed by atoms with E-state index in [-0.39, 0.29) is 22.2 Å². The summed E-state index contributed by atoms with van der Waals surface area (Å²) >= 11 is 0. The number of carbonyl (C=O) groups excluding carboxylic acids is 2. The van der Waals surface area contributed by atoms with E-state index in [4.69, 9.17) is 7.05 Å². The first-order valence-electron chi connectivity index (χ1n) is 4.01. The minimum absolute atomic E-state index is 0.0696. The summed E-state index contributed by atoms with van der Waals surface area (Å²) in [7, 11) is 7.36. The van der Waals surface area contributed by atoms with Gasteiger partial charge in [0.25, 0.3) is 0 Å². The summed E-state index contributed by atoms with van der Waals surface area (Å²) in [6.45, 7) is 1.43. The molecule has 2 radical (unpaired) electrons. The normalized spacial score (nSPS) is 17.9. The smallest absolute Gasteiger partial charge is 0.290 e. The molecule has 3 nitrogen and oxygen atoms in total. The van der Waals surface area contributed by atoms with Crippen LogP contribution in [0.1, 0.15) is 6.92 Å². The highest BCUT2D eigenvalue weighted by molar-refractivity contribution is 6.00. The fourth-order valence-corrected chi connectivity index (χ4v) is 1.07. The molecule has 0 spiro atoms. The van der Waals surface area contributed by atoms with Crippen LogP contribution in [0.5, 0.6) is 0 Å². The highest BCUT2D eigenvalue weighted by Gasteiger charge is 2.31. The monoisotopic (exact) mass is 178 g/mol. The molecule has 0 fully saturated rings. The molecule has 0 bridgehead atoms. The van der Waals surface area contributed by atoms with Gasteiger partial charge in [0.2, 0.25) is 7.05 Å². The Kier molecular flexibility index (Phi) is 2.48. The molecule has 13 heavy (non-hydrogen) atoms. The molecule has 0 heterocycles. The van der Waals surface area contributed by atoms with Gasteiger partial charge in [0.15, 0.2) is 5.78 Å². The number of hydrogen-bond donors (Lipinski definition) is 0. The van der Waals surface area contributed by atoms with Crippen molar-refractivity contribution in [3.8, 4) is 0 Å². The van der Waals surface area contributed by atoms with E-state index in [2.05, 4.69) is 0 Å². The Morgan fingerprint density at radius 2 is 1.92 bits per heavy atom. The molecule has 0 aromatic rings. The molecule has 0 saturated heterocycles. The zero-order chi connectivity index (χ0) is 10.1. The van der Waals surface area contributed by atoms with Crippen molar-refractivity contribution >= 4 is 11.7 Å². The average molecular weight is 178 g/mol. The molecule has 3 heteroatoms. The zero-order valence-corrected chi connectivity index (χ0v) is 7.73. The van der Waals surface area contributed by atoms with E-state index >= 15 is 0 Å². The van der Waals surface area contributed by atoms with E-state index in [0.29, 0.717) is 0 Å². The number of ketones is 1. The molecule has 1 aliphatic carbocycles. The number of rotatable bonds is 1. The van der Waals surface area contributed by atoms with E-state index < -0.39 is 0 Å². The van der Waals surface area contributed by atoms with Gasteiger partial charge in [-0.3, -0.25) is 4.79 Å². The Morgan fingerprint density at radius 3 is 2.31 bits per heavy atom. The number of amides is 1. The molecule has 1 aliphatic rings. The van der Waals surface area contributed by atoms with E-state index in [9.17, 15) is 9.59 Å². The van der Waals surface area contributed by atoms with Crippen LogP contribution in [-0.4, -0.2) is 29.3 Å². The summed E-state index contributed by atoms with van der Waals surface area (Å²) in [4.78, 5) is 21.9. The van der Waals surface area contributed by atoms with Gasteiger partial charge in [0.1, 0.15) is 6.04 Å². The second-order valence-corrected chi connectivity index (χ2v) is 3.28. The van der Waals surface area contributed by atoms with Crippen molar-refractivity contribution in [2.45, 2.75) is 13.0 Å². The molecular weight excluding hydrogens is 166 g/mol. The number of allylic oxidation sites excluding steroid dienone is 2. The third-order valence-electron chi connectivity index (χ3n) is 2.21. The highest BCUT2D eigenvalue weighted by Crippen LogP contribution is 2.15. The fourth-order valence-electron chi connectivity index (χ4n) is 1.07. The SMILES string of the molecule is [CH][N+](C)(C(C)=O)C1C=CC(=O)C=C1. The molecule has 1 atom stereocenters. The Morgan fingerprint density at radius 1 is 1.46 bits per heavy atom. The number of likely N-dealkylation sites (N-methyl/N-ethyl adjacent to an activating group) is 1. The van der Waals surface area contributed by atoms with Crippen LogP contribution in [0.2, 0.25) is 0 Å². The Labute approximate surface area is 77.9 Å². The molecule has 1 rings (SSSR count). The third kappa shape index (κ3) is 1.92. The molecule has 0 aromatic carbocycles. The molecule has 0 aromatic heterocycles. The summed E-state index contributed by atoms with van der Waals surface area (Å²) in [6.07, 6.45) is 6.14. The van der Waals surface area contributed by atoms with Crippen LogP contribution in [0.3, 0.4) is 0 Å². The van der Waals surface area contributed by atoms with Gasteiger partial charge in [-0.05, 0) is 24.3 Å². The lowest BCUT2D eigenvalue weighted by Crippen LogP contribution is -2.49. The number of quaternary nitrogens is 1. The van der Waals surface area contributed by atoms with Crippen LogP contribution in [0.15, 0.2) is 24.3 Å². The van der Waals surface area contributed by atoms with Crippen molar-refractivity contribution in [2.75, 3.05) is 7.05 Å². The van der Waals surface area contributed by atoms with Gasteiger partial charge in [0.05, 0.1) is 14.0 Å². The summed E-state index contributed by atoms with van der Waals surface area (Å²) < 4.78 is -0.250. The van der Waals surface area contributed by atoms with Gasteiger partial charge in [-0.2, -0.15) is 0 Å². The quantitative estimate of drug-likeness (QED) is 0.554. The van der Waals surface area contributed by atoms with Crippen LogP contribution in [0, 0.1) is 7.05 Å². The highest BCUT2D eigenvalue weighted by atomic mass is 16.2. The van der Waals surface area contributed by atoms with Crippen LogP contribution < -0.4 is 0 Å². The van der Waals surface area contributed by atoms with Gasteiger partial charge in [0, 0.05) is 0 Å². The molecule has 0 saturated carbocycles. The first-order chi connectivity index (χ1) is 5.94. The van der Waals surface area contributed by atoms with Crippen molar-refractivity contribution in [1.29, 1.82) is 0 Å². The van der Waals surface area contributed by atoms with E-state index in [1.807, 2.05) is 0 Å². The molecule has 0 N–H and O–H groups in total. The average Bonchev–Trinajstić information content (AvgIpc) is 2.04. The Hall–Kier alpha value is -1.22. The Bertz CT molecular complexity index is 284. The van der Waals surface area contributed by atoms with Crippen LogP contribution in [0.4, 0.5) is 0 Å². The zero-order valence-electron chi connectivity index (χ0n) is 7.73. The lowest BCUT2D eigenvalue weighted by Gasteiger charge is -2.30. The summed E-state index contributed by atoms with van der Waals surface area (Å²) in [6, 6.07) is -0.241. The van der Waals surface area contributed by atoms with Crippen molar-refractivity contribution in [2.24, 2.45) is 0 Å². The van der Waals surface area contributed by atoms with Crippen LogP contribution in [-0.2, 0) is 9.59 Å². The van der Waals surface area contributed by atoms with Crippen LogP contribution in [0.25, 0.3) is 0 Å². The minimum atomic E-state index is -0.250. The van der Waals surface area contributed by atoms with Gasteiger partial charge in [-0.25, -0.2) is 9.28 Å².